The normalized spacial score (nSPS) is 21.7. The zero-order valence-electron chi connectivity index (χ0n) is 13.6. The lowest BCUT2D eigenvalue weighted by Crippen LogP contribution is -2.40. The van der Waals surface area contributed by atoms with Gasteiger partial charge in [-0.25, -0.2) is 4.79 Å². The Morgan fingerprint density at radius 2 is 1.83 bits per heavy atom. The molecule has 1 N–H and O–H groups in total. The van der Waals surface area contributed by atoms with Crippen LogP contribution in [-0.2, 0) is 9.53 Å². The van der Waals surface area contributed by atoms with E-state index < -0.39 is 5.97 Å². The summed E-state index contributed by atoms with van der Waals surface area (Å²) in [7, 11) is 0. The van der Waals surface area contributed by atoms with Gasteiger partial charge >= 0.3 is 5.97 Å². The first-order valence-electron chi connectivity index (χ1n) is 8.45. The highest BCUT2D eigenvalue weighted by Crippen LogP contribution is 2.31. The molecule has 1 amide bonds. The predicted molar refractivity (Wildman–Crippen MR) is 87.1 cm³/mol. The summed E-state index contributed by atoms with van der Waals surface area (Å²) in [5.74, 6) is 0.789. The van der Waals surface area contributed by atoms with Gasteiger partial charge in [0, 0.05) is 31.9 Å². The van der Waals surface area contributed by atoms with Crippen LogP contribution in [0.3, 0.4) is 0 Å². The quantitative estimate of drug-likeness (QED) is 0.892. The predicted octanol–water partition coefficient (Wildman–Crippen LogP) is 2.04. The van der Waals surface area contributed by atoms with Crippen LogP contribution in [0.15, 0.2) is 24.3 Å². The Morgan fingerprint density at radius 1 is 1.12 bits per heavy atom. The molecular weight excluding hydrogens is 310 g/mol. The molecule has 3 rings (SSSR count). The van der Waals surface area contributed by atoms with Gasteiger partial charge in [-0.2, -0.15) is 0 Å². The van der Waals surface area contributed by atoms with Gasteiger partial charge in [-0.1, -0.05) is 0 Å². The number of aliphatic carboxylic acids is 1. The molecule has 1 aromatic carbocycles. The number of carboxylic acid groups (broad SMARTS) is 1. The van der Waals surface area contributed by atoms with Crippen LogP contribution in [0.4, 0.5) is 0 Å². The fraction of sp³-hybridized carbons (Fsp3) is 0.556. The standard InChI is InChI=1S/C18H23NO5/c20-17(21)12-24-16-3-1-14(2-4-16)18(22)19-8-5-13(6-9-19)15-7-10-23-11-15/h1-4,13,15H,5-12H2,(H,20,21). The highest BCUT2D eigenvalue weighted by Gasteiger charge is 2.30. The Labute approximate surface area is 141 Å². The highest BCUT2D eigenvalue weighted by atomic mass is 16.5. The van der Waals surface area contributed by atoms with Gasteiger partial charge in [0.15, 0.2) is 6.61 Å². The Kier molecular flexibility index (Phi) is 5.35. The average Bonchev–Trinajstić information content (AvgIpc) is 3.14. The second kappa shape index (κ2) is 7.66. The zero-order valence-corrected chi connectivity index (χ0v) is 13.6. The van der Waals surface area contributed by atoms with Crippen LogP contribution >= 0.6 is 0 Å². The molecule has 0 saturated carbocycles. The van der Waals surface area contributed by atoms with Crippen molar-refractivity contribution in [2.24, 2.45) is 11.8 Å². The summed E-state index contributed by atoms with van der Waals surface area (Å²) >= 11 is 0. The first kappa shape index (κ1) is 16.8. The van der Waals surface area contributed by atoms with Gasteiger partial charge in [-0.05, 0) is 55.4 Å². The first-order chi connectivity index (χ1) is 11.6. The number of rotatable bonds is 5. The first-order valence-corrected chi connectivity index (χ1v) is 8.45. The van der Waals surface area contributed by atoms with E-state index in [1.807, 2.05) is 4.90 Å². The summed E-state index contributed by atoms with van der Waals surface area (Å²) in [6, 6.07) is 6.66. The number of hydrogen-bond donors (Lipinski definition) is 1. The minimum absolute atomic E-state index is 0.0286. The lowest BCUT2D eigenvalue weighted by molar-refractivity contribution is -0.139. The van der Waals surface area contributed by atoms with Crippen LogP contribution < -0.4 is 4.74 Å². The molecule has 1 atom stereocenters. The summed E-state index contributed by atoms with van der Waals surface area (Å²) in [6.45, 7) is 2.94. The van der Waals surface area contributed by atoms with Crippen LogP contribution in [0.1, 0.15) is 29.6 Å². The average molecular weight is 333 g/mol. The molecule has 0 aliphatic carbocycles. The van der Waals surface area contributed by atoms with Crippen molar-refractivity contribution in [3.63, 3.8) is 0 Å². The van der Waals surface area contributed by atoms with Crippen LogP contribution in [0.2, 0.25) is 0 Å². The summed E-state index contributed by atoms with van der Waals surface area (Å²) in [4.78, 5) is 25.0. The molecule has 2 aliphatic heterocycles. The van der Waals surface area contributed by atoms with Crippen molar-refractivity contribution in [1.29, 1.82) is 0 Å². The molecule has 6 nitrogen and oxygen atoms in total. The van der Waals surface area contributed by atoms with Crippen LogP contribution in [-0.4, -0.2) is 54.8 Å². The minimum Gasteiger partial charge on any atom is -0.482 e. The van der Waals surface area contributed by atoms with Gasteiger partial charge < -0.3 is 19.5 Å². The third-order valence-electron chi connectivity index (χ3n) is 4.92. The second-order valence-corrected chi connectivity index (χ2v) is 6.46. The van der Waals surface area contributed by atoms with Crippen LogP contribution in [0.25, 0.3) is 0 Å². The fourth-order valence-corrected chi connectivity index (χ4v) is 3.52. The molecule has 24 heavy (non-hydrogen) atoms. The number of likely N-dealkylation sites (tertiary alicyclic amines) is 1. The lowest BCUT2D eigenvalue weighted by atomic mass is 9.84. The maximum absolute atomic E-state index is 12.6. The number of carbonyl (C=O) groups is 2. The Morgan fingerprint density at radius 3 is 2.42 bits per heavy atom. The van der Waals surface area contributed by atoms with Gasteiger partial charge in [0.05, 0.1) is 0 Å². The molecular formula is C18H23NO5. The van der Waals surface area contributed by atoms with E-state index in [9.17, 15) is 9.59 Å². The van der Waals surface area contributed by atoms with E-state index in [0.717, 1.165) is 45.6 Å². The number of carboxylic acids is 1. The number of nitrogens with zero attached hydrogens (tertiary/aromatic N) is 1. The van der Waals surface area contributed by atoms with E-state index in [-0.39, 0.29) is 12.5 Å². The van der Waals surface area contributed by atoms with Crippen molar-refractivity contribution in [2.75, 3.05) is 32.9 Å². The Bertz CT molecular complexity index is 572. The fourth-order valence-electron chi connectivity index (χ4n) is 3.52. The lowest BCUT2D eigenvalue weighted by Gasteiger charge is -2.34. The number of carbonyl (C=O) groups excluding carboxylic acids is 1. The molecule has 2 saturated heterocycles. The number of amides is 1. The Hall–Kier alpha value is -2.08. The van der Waals surface area contributed by atoms with Crippen molar-refractivity contribution in [3.05, 3.63) is 29.8 Å². The van der Waals surface area contributed by atoms with Crippen molar-refractivity contribution in [1.82, 2.24) is 4.90 Å². The van der Waals surface area contributed by atoms with Gasteiger partial charge in [0.2, 0.25) is 0 Å². The molecule has 6 heteroatoms. The number of ether oxygens (including phenoxy) is 2. The molecule has 0 aromatic heterocycles. The SMILES string of the molecule is O=C(O)COc1ccc(C(=O)N2CCC(C3CCOC3)CC2)cc1. The summed E-state index contributed by atoms with van der Waals surface area (Å²) < 4.78 is 10.6. The van der Waals surface area contributed by atoms with Crippen molar-refractivity contribution >= 4 is 11.9 Å². The van der Waals surface area contributed by atoms with Crippen molar-refractivity contribution in [3.8, 4) is 5.75 Å². The molecule has 2 aliphatic rings. The monoisotopic (exact) mass is 333 g/mol. The summed E-state index contributed by atoms with van der Waals surface area (Å²) in [5, 5.41) is 8.59. The largest absolute Gasteiger partial charge is 0.482 e. The van der Waals surface area contributed by atoms with E-state index in [0.29, 0.717) is 23.1 Å². The summed E-state index contributed by atoms with van der Waals surface area (Å²) in [5.41, 5.74) is 0.611. The van der Waals surface area contributed by atoms with E-state index >= 15 is 0 Å². The third kappa shape index (κ3) is 4.06. The number of piperidine rings is 1. The van der Waals surface area contributed by atoms with Gasteiger partial charge in [-0.3, -0.25) is 4.79 Å². The van der Waals surface area contributed by atoms with Gasteiger partial charge in [-0.15, -0.1) is 0 Å². The highest BCUT2D eigenvalue weighted by molar-refractivity contribution is 5.94. The molecule has 0 spiro atoms. The third-order valence-corrected chi connectivity index (χ3v) is 4.92. The zero-order chi connectivity index (χ0) is 16.9. The van der Waals surface area contributed by atoms with E-state index in [1.165, 1.54) is 0 Å². The molecule has 130 valence electrons. The van der Waals surface area contributed by atoms with Crippen LogP contribution in [0.5, 0.6) is 5.75 Å². The molecule has 1 unspecified atom stereocenters. The van der Waals surface area contributed by atoms with Crippen molar-refractivity contribution < 1.29 is 24.2 Å². The summed E-state index contributed by atoms with van der Waals surface area (Å²) in [6.07, 6.45) is 3.23. The van der Waals surface area contributed by atoms with E-state index in [1.54, 1.807) is 24.3 Å². The van der Waals surface area contributed by atoms with Gasteiger partial charge in [0.25, 0.3) is 5.91 Å². The topological polar surface area (TPSA) is 76.1 Å². The van der Waals surface area contributed by atoms with Crippen molar-refractivity contribution in [2.45, 2.75) is 19.3 Å². The molecule has 0 radical (unpaired) electrons. The molecule has 2 fully saturated rings. The maximum Gasteiger partial charge on any atom is 0.341 e. The molecule has 2 heterocycles. The van der Waals surface area contributed by atoms with Crippen LogP contribution in [0, 0.1) is 11.8 Å². The number of hydrogen-bond acceptors (Lipinski definition) is 4. The Balaban J connectivity index is 1.52. The smallest absolute Gasteiger partial charge is 0.341 e. The van der Waals surface area contributed by atoms with Gasteiger partial charge in [0.1, 0.15) is 5.75 Å². The minimum atomic E-state index is -1.02. The molecule has 0 bridgehead atoms. The number of benzene rings is 1. The molecule has 1 aromatic rings. The second-order valence-electron chi connectivity index (χ2n) is 6.46. The maximum atomic E-state index is 12.6. The van der Waals surface area contributed by atoms with E-state index in [4.69, 9.17) is 14.6 Å². The van der Waals surface area contributed by atoms with E-state index in [2.05, 4.69) is 0 Å².